The number of hydrogen-bond acceptors (Lipinski definition) is 5. The first kappa shape index (κ1) is 20.0. The second kappa shape index (κ2) is 8.97. The van der Waals surface area contributed by atoms with Crippen LogP contribution in [0.2, 0.25) is 0 Å². The molecule has 1 heterocycles. The minimum Gasteiger partial charge on any atom is -0.395 e. The number of rotatable bonds is 9. The van der Waals surface area contributed by atoms with Gasteiger partial charge in [-0.15, -0.1) is 0 Å². The molecule has 3 rings (SSSR count). The van der Waals surface area contributed by atoms with Crippen molar-refractivity contribution in [3.8, 4) is 0 Å². The van der Waals surface area contributed by atoms with Crippen LogP contribution in [0.5, 0.6) is 0 Å². The summed E-state index contributed by atoms with van der Waals surface area (Å²) in [6.07, 6.45) is 0. The molecule has 0 radical (unpaired) electrons. The molecule has 3 N–H and O–H groups in total. The molecular formula is C21H25N3O4. The summed E-state index contributed by atoms with van der Waals surface area (Å²) in [6, 6.07) is 18.0. The van der Waals surface area contributed by atoms with Crippen molar-refractivity contribution in [1.29, 1.82) is 0 Å². The fourth-order valence-corrected chi connectivity index (χ4v) is 3.57. The van der Waals surface area contributed by atoms with Crippen molar-refractivity contribution >= 4 is 11.9 Å². The molecule has 1 saturated heterocycles. The van der Waals surface area contributed by atoms with E-state index in [1.165, 1.54) is 4.90 Å². The van der Waals surface area contributed by atoms with Gasteiger partial charge in [0.05, 0.1) is 13.2 Å². The number of hydrogen-bond donors (Lipinski definition) is 3. The van der Waals surface area contributed by atoms with Crippen molar-refractivity contribution < 1.29 is 19.8 Å². The van der Waals surface area contributed by atoms with Crippen LogP contribution in [0.15, 0.2) is 60.7 Å². The van der Waals surface area contributed by atoms with Gasteiger partial charge in [-0.3, -0.25) is 14.6 Å². The van der Waals surface area contributed by atoms with Gasteiger partial charge in [0, 0.05) is 26.2 Å². The summed E-state index contributed by atoms with van der Waals surface area (Å²) < 4.78 is 0. The van der Waals surface area contributed by atoms with E-state index in [2.05, 4.69) is 5.32 Å². The lowest BCUT2D eigenvalue weighted by Crippen LogP contribution is -2.45. The highest BCUT2D eigenvalue weighted by Crippen LogP contribution is 2.35. The van der Waals surface area contributed by atoms with Gasteiger partial charge in [0.2, 0.25) is 0 Å². The highest BCUT2D eigenvalue weighted by atomic mass is 16.3. The number of carbonyl (C=O) groups excluding carboxylic acids is 2. The number of nitrogens with one attached hydrogen (secondary N) is 1. The zero-order valence-corrected chi connectivity index (χ0v) is 15.6. The minimum absolute atomic E-state index is 0.0574. The lowest BCUT2D eigenvalue weighted by atomic mass is 9.82. The molecule has 0 bridgehead atoms. The maximum absolute atomic E-state index is 13.5. The maximum Gasteiger partial charge on any atom is 0.325 e. The van der Waals surface area contributed by atoms with Crippen LogP contribution in [-0.2, 0) is 10.3 Å². The molecule has 0 saturated carbocycles. The molecule has 3 amide bonds. The van der Waals surface area contributed by atoms with Crippen molar-refractivity contribution in [3.63, 3.8) is 0 Å². The average molecular weight is 383 g/mol. The molecule has 1 aliphatic rings. The van der Waals surface area contributed by atoms with Gasteiger partial charge in [-0.05, 0) is 11.1 Å². The van der Waals surface area contributed by atoms with Gasteiger partial charge in [-0.1, -0.05) is 60.7 Å². The number of urea groups is 1. The van der Waals surface area contributed by atoms with Crippen LogP contribution < -0.4 is 5.32 Å². The van der Waals surface area contributed by atoms with E-state index < -0.39 is 11.6 Å². The average Bonchev–Trinajstić information content (AvgIpc) is 2.99. The minimum atomic E-state index is -1.27. The zero-order valence-electron chi connectivity index (χ0n) is 15.6. The quantitative estimate of drug-likeness (QED) is 0.556. The van der Waals surface area contributed by atoms with Crippen molar-refractivity contribution in [2.75, 3.05) is 39.4 Å². The lowest BCUT2D eigenvalue weighted by molar-refractivity contribution is -0.130. The van der Waals surface area contributed by atoms with Gasteiger partial charge < -0.3 is 15.5 Å². The van der Waals surface area contributed by atoms with E-state index in [0.29, 0.717) is 30.8 Å². The standard InChI is InChI=1S/C21H25N3O4/c25-15-13-23(14-16-26)11-12-24-19(27)21(22-20(24)28,17-7-3-1-4-8-17)18-9-5-2-6-10-18/h1-10,25-26H,11-16H2,(H,22,28). The number of imide groups is 1. The van der Waals surface area contributed by atoms with Crippen molar-refractivity contribution in [2.45, 2.75) is 5.54 Å². The second-order valence-electron chi connectivity index (χ2n) is 6.66. The molecular weight excluding hydrogens is 358 g/mol. The Morgan fingerprint density at radius 2 is 1.32 bits per heavy atom. The van der Waals surface area contributed by atoms with Gasteiger partial charge in [-0.2, -0.15) is 0 Å². The van der Waals surface area contributed by atoms with Gasteiger partial charge in [0.1, 0.15) is 0 Å². The number of aliphatic hydroxyl groups is 2. The fourth-order valence-electron chi connectivity index (χ4n) is 3.57. The van der Waals surface area contributed by atoms with E-state index >= 15 is 0 Å². The van der Waals surface area contributed by atoms with Crippen molar-refractivity contribution in [3.05, 3.63) is 71.8 Å². The Hall–Kier alpha value is -2.74. The molecule has 0 aromatic heterocycles. The summed E-state index contributed by atoms with van der Waals surface area (Å²) in [7, 11) is 0. The molecule has 2 aromatic carbocycles. The van der Waals surface area contributed by atoms with Crippen LogP contribution in [0.1, 0.15) is 11.1 Å². The third-order valence-electron chi connectivity index (χ3n) is 4.99. The summed E-state index contributed by atoms with van der Waals surface area (Å²) >= 11 is 0. The largest absolute Gasteiger partial charge is 0.395 e. The Labute approximate surface area is 164 Å². The summed E-state index contributed by atoms with van der Waals surface area (Å²) in [6.45, 7) is 1.17. The highest BCUT2D eigenvalue weighted by molar-refractivity contribution is 6.09. The molecule has 148 valence electrons. The first-order chi connectivity index (χ1) is 13.6. The third-order valence-corrected chi connectivity index (χ3v) is 4.99. The molecule has 0 spiro atoms. The Kier molecular flexibility index (Phi) is 6.41. The van der Waals surface area contributed by atoms with Gasteiger partial charge in [-0.25, -0.2) is 4.79 Å². The Morgan fingerprint density at radius 3 is 1.79 bits per heavy atom. The van der Waals surface area contributed by atoms with Crippen LogP contribution in [0.4, 0.5) is 4.79 Å². The fraction of sp³-hybridized carbons (Fsp3) is 0.333. The van der Waals surface area contributed by atoms with Crippen molar-refractivity contribution in [1.82, 2.24) is 15.1 Å². The molecule has 2 aromatic rings. The van der Waals surface area contributed by atoms with E-state index in [0.717, 1.165) is 0 Å². The van der Waals surface area contributed by atoms with Crippen molar-refractivity contribution in [2.24, 2.45) is 0 Å². The predicted octanol–water partition coefficient (Wildman–Crippen LogP) is 0.769. The van der Waals surface area contributed by atoms with E-state index in [1.54, 1.807) is 0 Å². The van der Waals surface area contributed by atoms with Gasteiger partial charge in [0.25, 0.3) is 5.91 Å². The number of aliphatic hydroxyl groups excluding tert-OH is 2. The van der Waals surface area contributed by atoms with Crippen LogP contribution >= 0.6 is 0 Å². The number of nitrogens with zero attached hydrogens (tertiary/aromatic N) is 2. The Balaban J connectivity index is 1.91. The number of benzene rings is 2. The third kappa shape index (κ3) is 3.77. The number of carbonyl (C=O) groups is 2. The van der Waals surface area contributed by atoms with E-state index in [9.17, 15) is 9.59 Å². The topological polar surface area (TPSA) is 93.1 Å². The van der Waals surface area contributed by atoms with Crippen LogP contribution in [-0.4, -0.2) is 71.3 Å². The molecule has 7 nitrogen and oxygen atoms in total. The Morgan fingerprint density at radius 1 is 0.821 bits per heavy atom. The summed E-state index contributed by atoms with van der Waals surface area (Å²) in [4.78, 5) is 29.3. The molecule has 0 aliphatic carbocycles. The summed E-state index contributed by atoms with van der Waals surface area (Å²) in [5, 5.41) is 21.2. The van der Waals surface area contributed by atoms with Crippen LogP contribution in [0.25, 0.3) is 0 Å². The Bertz CT molecular complexity index is 752. The van der Waals surface area contributed by atoms with Crippen LogP contribution in [0, 0.1) is 0 Å². The molecule has 28 heavy (non-hydrogen) atoms. The second-order valence-corrected chi connectivity index (χ2v) is 6.66. The summed E-state index contributed by atoms with van der Waals surface area (Å²) in [5.41, 5.74) is 0.132. The zero-order chi connectivity index (χ0) is 20.0. The highest BCUT2D eigenvalue weighted by Gasteiger charge is 2.53. The van der Waals surface area contributed by atoms with E-state index in [1.807, 2.05) is 65.6 Å². The molecule has 1 fully saturated rings. The molecule has 7 heteroatoms. The predicted molar refractivity (Wildman–Crippen MR) is 105 cm³/mol. The first-order valence-corrected chi connectivity index (χ1v) is 9.32. The van der Waals surface area contributed by atoms with Gasteiger partial charge in [0.15, 0.2) is 5.54 Å². The number of amides is 3. The maximum atomic E-state index is 13.5. The molecule has 1 aliphatic heterocycles. The molecule has 0 unspecified atom stereocenters. The lowest BCUT2D eigenvalue weighted by Gasteiger charge is -2.28. The van der Waals surface area contributed by atoms with Gasteiger partial charge >= 0.3 is 6.03 Å². The smallest absolute Gasteiger partial charge is 0.325 e. The van der Waals surface area contributed by atoms with E-state index in [-0.39, 0.29) is 25.7 Å². The van der Waals surface area contributed by atoms with Crippen LogP contribution in [0.3, 0.4) is 0 Å². The van der Waals surface area contributed by atoms with E-state index in [4.69, 9.17) is 10.2 Å². The first-order valence-electron chi connectivity index (χ1n) is 9.32. The summed E-state index contributed by atoms with van der Waals surface area (Å²) in [5.74, 6) is -0.331. The molecule has 0 atom stereocenters. The normalized spacial score (nSPS) is 15.9. The SMILES string of the molecule is O=C1NC(c2ccccc2)(c2ccccc2)C(=O)N1CCN(CCO)CCO. The monoisotopic (exact) mass is 383 g/mol.